The molecule has 0 heterocycles. The first-order chi connectivity index (χ1) is 11.3. The van der Waals surface area contributed by atoms with Gasteiger partial charge in [-0.15, -0.1) is 0 Å². The van der Waals surface area contributed by atoms with Crippen molar-refractivity contribution in [1.82, 2.24) is 0 Å². The summed E-state index contributed by atoms with van der Waals surface area (Å²) >= 11 is 0. The Hall–Kier alpha value is -1.51. The van der Waals surface area contributed by atoms with Crippen LogP contribution in [0, 0.1) is 0 Å². The number of rotatable bonds is 12. The van der Waals surface area contributed by atoms with Crippen molar-refractivity contribution in [3.8, 4) is 5.75 Å². The van der Waals surface area contributed by atoms with Gasteiger partial charge in [0.25, 0.3) is 0 Å². The third kappa shape index (κ3) is 9.27. The molecule has 1 aromatic rings. The van der Waals surface area contributed by atoms with Gasteiger partial charge in [0.1, 0.15) is 5.75 Å². The van der Waals surface area contributed by atoms with Crippen LogP contribution in [0.15, 0.2) is 24.3 Å². The molecule has 1 rings (SSSR count). The Balaban J connectivity index is 2.30. The van der Waals surface area contributed by atoms with Gasteiger partial charge < -0.3 is 9.47 Å². The fourth-order valence-corrected chi connectivity index (χ4v) is 2.53. The second-order valence-electron chi connectivity index (χ2n) is 6.03. The van der Waals surface area contributed by atoms with Crippen molar-refractivity contribution in [1.29, 1.82) is 0 Å². The lowest BCUT2D eigenvalue weighted by molar-refractivity contribution is 0.0969. The van der Waals surface area contributed by atoms with Gasteiger partial charge in [-0.3, -0.25) is 0 Å². The lowest BCUT2D eigenvalue weighted by Crippen LogP contribution is -2.12. The molecule has 0 bridgehead atoms. The molecule has 1 aromatic carbocycles. The summed E-state index contributed by atoms with van der Waals surface area (Å²) in [4.78, 5) is 11.8. The molecule has 0 N–H and O–H groups in total. The predicted molar refractivity (Wildman–Crippen MR) is 95.0 cm³/mol. The fourth-order valence-electron chi connectivity index (χ4n) is 2.53. The van der Waals surface area contributed by atoms with E-state index in [0.29, 0.717) is 12.4 Å². The lowest BCUT2D eigenvalue weighted by Gasteiger charge is -2.10. The quantitative estimate of drug-likeness (QED) is 0.258. The first kappa shape index (κ1) is 19.5. The van der Waals surface area contributed by atoms with E-state index in [9.17, 15) is 4.79 Å². The van der Waals surface area contributed by atoms with Crippen molar-refractivity contribution < 1.29 is 14.3 Å². The van der Waals surface area contributed by atoms with Gasteiger partial charge in [0.15, 0.2) is 0 Å². The first-order valence-corrected chi connectivity index (χ1v) is 9.20. The molecule has 0 atom stereocenters. The maximum atomic E-state index is 11.8. The van der Waals surface area contributed by atoms with E-state index < -0.39 is 6.16 Å². The van der Waals surface area contributed by atoms with Gasteiger partial charge in [0.2, 0.25) is 0 Å². The van der Waals surface area contributed by atoms with Crippen LogP contribution in [0.3, 0.4) is 0 Å². The van der Waals surface area contributed by atoms with E-state index in [2.05, 4.69) is 13.8 Å². The second kappa shape index (κ2) is 13.0. The number of para-hydroxylation sites is 1. The highest BCUT2D eigenvalue weighted by Crippen LogP contribution is 2.21. The highest BCUT2D eigenvalue weighted by atomic mass is 16.7. The smallest absolute Gasteiger partial charge is 0.434 e. The van der Waals surface area contributed by atoms with Crippen LogP contribution in [0.1, 0.15) is 77.2 Å². The number of unbranched alkanes of at least 4 members (excludes halogenated alkanes) is 7. The van der Waals surface area contributed by atoms with Gasteiger partial charge in [-0.1, -0.05) is 77.0 Å². The van der Waals surface area contributed by atoms with E-state index in [4.69, 9.17) is 9.47 Å². The molecule has 0 unspecified atom stereocenters. The van der Waals surface area contributed by atoms with E-state index >= 15 is 0 Å². The average molecular weight is 320 g/mol. The summed E-state index contributed by atoms with van der Waals surface area (Å²) in [5, 5.41) is 0. The summed E-state index contributed by atoms with van der Waals surface area (Å²) in [5.74, 6) is 0.639. The Kier molecular flexibility index (Phi) is 11.0. The minimum Gasteiger partial charge on any atom is -0.434 e. The molecule has 0 saturated heterocycles. The highest BCUT2D eigenvalue weighted by Gasteiger charge is 2.09. The molecule has 0 aliphatic heterocycles. The molecule has 0 saturated carbocycles. The SMILES string of the molecule is CCCCCCCOC(=O)Oc1ccccc1CCCCCC. The molecule has 0 aromatic heterocycles. The summed E-state index contributed by atoms with van der Waals surface area (Å²) in [5.41, 5.74) is 1.09. The van der Waals surface area contributed by atoms with Crippen molar-refractivity contribution in [2.45, 2.75) is 78.1 Å². The van der Waals surface area contributed by atoms with Crippen molar-refractivity contribution in [2.24, 2.45) is 0 Å². The number of hydrogen-bond acceptors (Lipinski definition) is 3. The zero-order valence-electron chi connectivity index (χ0n) is 14.8. The second-order valence-corrected chi connectivity index (χ2v) is 6.03. The van der Waals surface area contributed by atoms with Crippen LogP contribution < -0.4 is 4.74 Å². The molecule has 0 amide bonds. The van der Waals surface area contributed by atoms with Crippen molar-refractivity contribution in [3.63, 3.8) is 0 Å². The van der Waals surface area contributed by atoms with E-state index in [1.807, 2.05) is 24.3 Å². The van der Waals surface area contributed by atoms with Crippen LogP contribution in [0.25, 0.3) is 0 Å². The highest BCUT2D eigenvalue weighted by molar-refractivity contribution is 5.64. The molecule has 0 fully saturated rings. The van der Waals surface area contributed by atoms with E-state index in [1.54, 1.807) is 0 Å². The number of carbonyl (C=O) groups excluding carboxylic acids is 1. The van der Waals surface area contributed by atoms with Gasteiger partial charge >= 0.3 is 6.16 Å². The summed E-state index contributed by atoms with van der Waals surface area (Å²) in [6.45, 7) is 4.84. The third-order valence-corrected chi connectivity index (χ3v) is 3.93. The monoisotopic (exact) mass is 320 g/mol. The van der Waals surface area contributed by atoms with Gasteiger partial charge in [-0.2, -0.15) is 0 Å². The number of benzene rings is 1. The minimum absolute atomic E-state index is 0.446. The molecule has 0 aliphatic rings. The molecule has 0 radical (unpaired) electrons. The number of hydrogen-bond donors (Lipinski definition) is 0. The number of aryl methyl sites for hydroxylation is 1. The molecule has 3 nitrogen and oxygen atoms in total. The summed E-state index contributed by atoms with van der Waals surface area (Å²) in [6, 6.07) is 7.75. The van der Waals surface area contributed by atoms with Gasteiger partial charge in [0, 0.05) is 0 Å². The predicted octanol–water partition coefficient (Wildman–Crippen LogP) is 6.30. The number of ether oxygens (including phenoxy) is 2. The van der Waals surface area contributed by atoms with E-state index in [0.717, 1.165) is 31.2 Å². The van der Waals surface area contributed by atoms with Crippen LogP contribution >= 0.6 is 0 Å². The Morgan fingerprint density at radius 1 is 0.870 bits per heavy atom. The van der Waals surface area contributed by atoms with Crippen molar-refractivity contribution in [2.75, 3.05) is 6.61 Å². The Morgan fingerprint density at radius 2 is 1.52 bits per heavy atom. The minimum atomic E-state index is -0.582. The lowest BCUT2D eigenvalue weighted by atomic mass is 10.1. The Labute approximate surface area is 141 Å². The van der Waals surface area contributed by atoms with Gasteiger partial charge in [-0.05, 0) is 30.9 Å². The standard InChI is InChI=1S/C20H32O3/c1-3-5-7-9-13-17-22-20(21)23-19-16-12-11-15-18(19)14-10-8-6-4-2/h11-12,15-16H,3-10,13-14,17H2,1-2H3. The van der Waals surface area contributed by atoms with E-state index in [-0.39, 0.29) is 0 Å². The Morgan fingerprint density at radius 3 is 2.26 bits per heavy atom. The van der Waals surface area contributed by atoms with E-state index in [1.165, 1.54) is 38.5 Å². The maximum absolute atomic E-state index is 11.8. The van der Waals surface area contributed by atoms with Crippen LogP contribution in [0.5, 0.6) is 5.75 Å². The van der Waals surface area contributed by atoms with Crippen molar-refractivity contribution in [3.05, 3.63) is 29.8 Å². The maximum Gasteiger partial charge on any atom is 0.513 e. The normalized spacial score (nSPS) is 10.5. The molecule has 130 valence electrons. The topological polar surface area (TPSA) is 35.5 Å². The molecule has 0 spiro atoms. The zero-order valence-corrected chi connectivity index (χ0v) is 14.8. The van der Waals surface area contributed by atoms with Crippen LogP contribution in [-0.2, 0) is 11.2 Å². The largest absolute Gasteiger partial charge is 0.513 e. The van der Waals surface area contributed by atoms with Crippen LogP contribution in [-0.4, -0.2) is 12.8 Å². The Bertz CT molecular complexity index is 429. The molecular formula is C20H32O3. The van der Waals surface area contributed by atoms with Crippen molar-refractivity contribution >= 4 is 6.16 Å². The molecular weight excluding hydrogens is 288 g/mol. The van der Waals surface area contributed by atoms with Crippen LogP contribution in [0.2, 0.25) is 0 Å². The zero-order chi connectivity index (χ0) is 16.8. The molecule has 23 heavy (non-hydrogen) atoms. The van der Waals surface area contributed by atoms with Gasteiger partial charge in [-0.25, -0.2) is 4.79 Å². The average Bonchev–Trinajstić information content (AvgIpc) is 2.56. The summed E-state index contributed by atoms with van der Waals surface area (Å²) < 4.78 is 10.5. The van der Waals surface area contributed by atoms with Gasteiger partial charge in [0.05, 0.1) is 6.61 Å². The first-order valence-electron chi connectivity index (χ1n) is 9.20. The molecule has 0 aliphatic carbocycles. The third-order valence-electron chi connectivity index (χ3n) is 3.93. The summed E-state index contributed by atoms with van der Waals surface area (Å²) in [6.07, 6.45) is 10.9. The molecule has 3 heteroatoms. The number of carbonyl (C=O) groups is 1. The summed E-state index contributed by atoms with van der Waals surface area (Å²) in [7, 11) is 0. The van der Waals surface area contributed by atoms with Crippen LogP contribution in [0.4, 0.5) is 4.79 Å². The fraction of sp³-hybridized carbons (Fsp3) is 0.650.